The zero-order chi connectivity index (χ0) is 11.5. The van der Waals surface area contributed by atoms with Gasteiger partial charge in [-0.25, -0.2) is 0 Å². The third kappa shape index (κ3) is 2.21. The lowest BCUT2D eigenvalue weighted by Crippen LogP contribution is -2.43. The molecule has 1 fully saturated rings. The zero-order valence-electron chi connectivity index (χ0n) is 8.83. The van der Waals surface area contributed by atoms with Gasteiger partial charge in [0.05, 0.1) is 24.0 Å². The average molecular weight is 245 g/mol. The molecule has 1 aliphatic rings. The Balaban J connectivity index is 2.00. The second kappa shape index (κ2) is 4.86. The highest BCUT2D eigenvalue weighted by molar-refractivity contribution is 6.32. The highest BCUT2D eigenvalue weighted by Crippen LogP contribution is 2.17. The number of carbonyl (C=O) groups excluding carboxylic acids is 1. The van der Waals surface area contributed by atoms with Crippen LogP contribution in [0.1, 0.15) is 10.4 Å². The minimum absolute atomic E-state index is 0.00498. The molecule has 0 spiro atoms. The van der Waals surface area contributed by atoms with Crippen LogP contribution in [0.25, 0.3) is 0 Å². The van der Waals surface area contributed by atoms with Crippen LogP contribution in [0.3, 0.4) is 0 Å². The van der Waals surface area contributed by atoms with Gasteiger partial charge in [-0.3, -0.25) is 4.79 Å². The van der Waals surface area contributed by atoms with Crippen LogP contribution in [0.4, 0.5) is 0 Å². The fourth-order valence-corrected chi connectivity index (χ4v) is 1.95. The van der Waals surface area contributed by atoms with Crippen molar-refractivity contribution in [1.29, 1.82) is 0 Å². The number of rotatable bonds is 3. The maximum absolute atomic E-state index is 11.8. The van der Waals surface area contributed by atoms with Gasteiger partial charge in [-0.1, -0.05) is 0 Å². The standard InChI is InChI=1S/C10H13ClN2O3/c1-15-8-5-12-4-7(8)13-10(14)6-2-3-16-9(6)11/h2-3,7-8,12H,4-5H2,1H3,(H,13,14)/t7?,8-/m0/s1. The number of furan rings is 1. The van der Waals surface area contributed by atoms with Crippen molar-refractivity contribution in [3.05, 3.63) is 23.1 Å². The first-order chi connectivity index (χ1) is 7.72. The Kier molecular flexibility index (Phi) is 3.48. The molecule has 1 aromatic heterocycles. The van der Waals surface area contributed by atoms with Gasteiger partial charge in [-0.2, -0.15) is 0 Å². The Hall–Kier alpha value is -1.04. The minimum Gasteiger partial charge on any atom is -0.452 e. The highest BCUT2D eigenvalue weighted by Gasteiger charge is 2.29. The zero-order valence-corrected chi connectivity index (χ0v) is 9.58. The molecule has 1 unspecified atom stereocenters. The summed E-state index contributed by atoms with van der Waals surface area (Å²) in [6, 6.07) is 1.51. The summed E-state index contributed by atoms with van der Waals surface area (Å²) in [5.74, 6) is -0.241. The maximum Gasteiger partial charge on any atom is 0.256 e. The fourth-order valence-electron chi connectivity index (χ4n) is 1.75. The minimum atomic E-state index is -0.241. The summed E-state index contributed by atoms with van der Waals surface area (Å²) < 4.78 is 10.1. The Morgan fingerprint density at radius 1 is 1.69 bits per heavy atom. The van der Waals surface area contributed by atoms with E-state index < -0.39 is 0 Å². The molecule has 2 N–H and O–H groups in total. The van der Waals surface area contributed by atoms with Crippen molar-refractivity contribution in [2.45, 2.75) is 12.1 Å². The largest absolute Gasteiger partial charge is 0.452 e. The van der Waals surface area contributed by atoms with Gasteiger partial charge in [0.15, 0.2) is 0 Å². The van der Waals surface area contributed by atoms with Crippen LogP contribution in [0.2, 0.25) is 5.22 Å². The molecule has 16 heavy (non-hydrogen) atoms. The second-order valence-corrected chi connectivity index (χ2v) is 3.96. The van der Waals surface area contributed by atoms with Crippen LogP contribution < -0.4 is 10.6 Å². The van der Waals surface area contributed by atoms with Gasteiger partial charge in [0, 0.05) is 20.2 Å². The summed E-state index contributed by atoms with van der Waals surface area (Å²) >= 11 is 5.72. The van der Waals surface area contributed by atoms with Crippen LogP contribution >= 0.6 is 11.6 Å². The molecule has 1 saturated heterocycles. The molecule has 2 rings (SSSR count). The normalized spacial score (nSPS) is 24.6. The molecule has 6 heteroatoms. The van der Waals surface area contributed by atoms with E-state index in [2.05, 4.69) is 10.6 Å². The number of halogens is 1. The Morgan fingerprint density at radius 2 is 2.50 bits per heavy atom. The highest BCUT2D eigenvalue weighted by atomic mass is 35.5. The quantitative estimate of drug-likeness (QED) is 0.820. The molecule has 5 nitrogen and oxygen atoms in total. The van der Waals surface area contributed by atoms with Crippen molar-refractivity contribution in [2.75, 3.05) is 20.2 Å². The van der Waals surface area contributed by atoms with Crippen molar-refractivity contribution < 1.29 is 13.9 Å². The van der Waals surface area contributed by atoms with E-state index in [1.54, 1.807) is 13.2 Å². The van der Waals surface area contributed by atoms with Crippen LogP contribution in [0.5, 0.6) is 0 Å². The van der Waals surface area contributed by atoms with E-state index in [9.17, 15) is 4.79 Å². The second-order valence-electron chi connectivity index (χ2n) is 3.62. The lowest BCUT2D eigenvalue weighted by atomic mass is 10.2. The number of hydrogen-bond acceptors (Lipinski definition) is 4. The van der Waals surface area contributed by atoms with E-state index in [-0.39, 0.29) is 23.3 Å². The summed E-state index contributed by atoms with van der Waals surface area (Å²) in [4.78, 5) is 11.8. The molecule has 0 aliphatic carbocycles. The van der Waals surface area contributed by atoms with E-state index in [1.165, 1.54) is 6.26 Å². The lowest BCUT2D eigenvalue weighted by Gasteiger charge is -2.18. The third-order valence-corrected chi connectivity index (χ3v) is 2.93. The van der Waals surface area contributed by atoms with Crippen LogP contribution in [0, 0.1) is 0 Å². The first-order valence-electron chi connectivity index (χ1n) is 4.99. The molecule has 88 valence electrons. The first kappa shape index (κ1) is 11.4. The SMILES string of the molecule is CO[C@H]1CNCC1NC(=O)c1ccoc1Cl. The van der Waals surface area contributed by atoms with E-state index >= 15 is 0 Å². The number of hydrogen-bond donors (Lipinski definition) is 2. The molecule has 1 amide bonds. The van der Waals surface area contributed by atoms with Gasteiger partial charge in [-0.15, -0.1) is 0 Å². The van der Waals surface area contributed by atoms with Gasteiger partial charge in [0.25, 0.3) is 5.91 Å². The number of carbonyl (C=O) groups is 1. The monoisotopic (exact) mass is 244 g/mol. The third-order valence-electron chi connectivity index (χ3n) is 2.64. The van der Waals surface area contributed by atoms with Crippen molar-refractivity contribution in [1.82, 2.24) is 10.6 Å². The van der Waals surface area contributed by atoms with E-state index in [0.717, 1.165) is 6.54 Å². The first-order valence-corrected chi connectivity index (χ1v) is 5.37. The predicted molar refractivity (Wildman–Crippen MR) is 58.6 cm³/mol. The molecule has 1 aromatic rings. The van der Waals surface area contributed by atoms with Gasteiger partial charge in [0.1, 0.15) is 0 Å². The molecule has 2 heterocycles. The van der Waals surface area contributed by atoms with Gasteiger partial charge in [0.2, 0.25) is 5.22 Å². The van der Waals surface area contributed by atoms with E-state index in [1.807, 2.05) is 0 Å². The smallest absolute Gasteiger partial charge is 0.256 e. The summed E-state index contributed by atoms with van der Waals surface area (Å²) in [5, 5.41) is 6.10. The molecule has 1 aliphatic heterocycles. The number of nitrogens with one attached hydrogen (secondary N) is 2. The molecule has 0 aromatic carbocycles. The topological polar surface area (TPSA) is 63.5 Å². The van der Waals surface area contributed by atoms with Crippen LogP contribution in [-0.2, 0) is 4.74 Å². The lowest BCUT2D eigenvalue weighted by molar-refractivity contribution is 0.0779. The van der Waals surface area contributed by atoms with E-state index in [0.29, 0.717) is 12.1 Å². The van der Waals surface area contributed by atoms with Crippen molar-refractivity contribution in [3.63, 3.8) is 0 Å². The van der Waals surface area contributed by atoms with Crippen molar-refractivity contribution in [3.8, 4) is 0 Å². The van der Waals surface area contributed by atoms with Gasteiger partial charge >= 0.3 is 0 Å². The Labute approximate surface area is 98.1 Å². The molecule has 0 saturated carbocycles. The van der Waals surface area contributed by atoms with Gasteiger partial charge < -0.3 is 19.8 Å². The molecule has 2 atom stereocenters. The average Bonchev–Trinajstić information content (AvgIpc) is 2.86. The predicted octanol–water partition coefficient (Wildman–Crippen LogP) is 0.650. The Morgan fingerprint density at radius 3 is 3.12 bits per heavy atom. The Bertz CT molecular complexity index is 380. The molecular formula is C10H13ClN2O3. The summed E-state index contributed by atoms with van der Waals surface area (Å²) in [5.41, 5.74) is 0.350. The number of ether oxygens (including phenoxy) is 1. The summed E-state index contributed by atoms with van der Waals surface area (Å²) in [6.45, 7) is 1.43. The fraction of sp³-hybridized carbons (Fsp3) is 0.500. The van der Waals surface area contributed by atoms with E-state index in [4.69, 9.17) is 20.8 Å². The van der Waals surface area contributed by atoms with Crippen molar-refractivity contribution in [2.24, 2.45) is 0 Å². The number of amides is 1. The molecular weight excluding hydrogens is 232 g/mol. The van der Waals surface area contributed by atoms with Gasteiger partial charge in [-0.05, 0) is 17.7 Å². The van der Waals surface area contributed by atoms with Crippen molar-refractivity contribution >= 4 is 17.5 Å². The molecule has 0 bridgehead atoms. The summed E-state index contributed by atoms with van der Waals surface area (Å²) in [7, 11) is 1.63. The number of methoxy groups -OCH3 is 1. The summed E-state index contributed by atoms with van der Waals surface area (Å²) in [6.07, 6.45) is 1.38. The molecule has 0 radical (unpaired) electrons. The van der Waals surface area contributed by atoms with Crippen LogP contribution in [-0.4, -0.2) is 38.3 Å². The van der Waals surface area contributed by atoms with Crippen LogP contribution in [0.15, 0.2) is 16.7 Å². The maximum atomic E-state index is 11.8.